The second-order valence-corrected chi connectivity index (χ2v) is 6.51. The lowest BCUT2D eigenvalue weighted by molar-refractivity contribution is 0.367. The summed E-state index contributed by atoms with van der Waals surface area (Å²) in [4.78, 5) is 14.2. The zero-order valence-electron chi connectivity index (χ0n) is 13.1. The first-order valence-corrected chi connectivity index (χ1v) is 8.06. The van der Waals surface area contributed by atoms with Gasteiger partial charge >= 0.3 is 0 Å². The van der Waals surface area contributed by atoms with Crippen LogP contribution in [0, 0.1) is 5.92 Å². The van der Waals surface area contributed by atoms with E-state index in [9.17, 15) is 4.79 Å². The number of nitrogens with zero attached hydrogens (tertiary/aromatic N) is 3. The number of nitrogens with one attached hydrogen (secondary N) is 1. The van der Waals surface area contributed by atoms with E-state index in [1.54, 1.807) is 6.20 Å². The molecule has 0 aromatic carbocycles. The van der Waals surface area contributed by atoms with Gasteiger partial charge in [-0.2, -0.15) is 5.10 Å². The van der Waals surface area contributed by atoms with Crippen molar-refractivity contribution >= 4 is 17.3 Å². The van der Waals surface area contributed by atoms with Gasteiger partial charge in [0.25, 0.3) is 5.56 Å². The highest BCUT2D eigenvalue weighted by Crippen LogP contribution is 2.35. The van der Waals surface area contributed by atoms with E-state index in [0.29, 0.717) is 18.3 Å². The van der Waals surface area contributed by atoms with E-state index in [2.05, 4.69) is 17.3 Å². The van der Waals surface area contributed by atoms with Crippen LogP contribution in [0.15, 0.2) is 11.0 Å². The van der Waals surface area contributed by atoms with Crippen LogP contribution >= 0.6 is 11.6 Å². The minimum Gasteiger partial charge on any atom is -0.380 e. The third-order valence-corrected chi connectivity index (χ3v) is 4.28. The third-order valence-electron chi connectivity index (χ3n) is 3.91. The lowest BCUT2D eigenvalue weighted by Gasteiger charge is -2.19. The Balaban J connectivity index is 2.06. The number of likely N-dealkylation sites (N-methyl/N-ethyl adjacent to an activating group) is 1. The summed E-state index contributed by atoms with van der Waals surface area (Å²) >= 11 is 6.22. The van der Waals surface area contributed by atoms with Gasteiger partial charge in [0, 0.05) is 12.6 Å². The normalized spacial score (nSPS) is 16.2. The standard InChI is InChI=1S/C15H25ClN4O/c1-4-12(9-11-5-6-11)18-13-10-17-20(8-7-19(2)3)15(21)14(13)16/h10-12,18H,4-9H2,1-3H3. The zero-order chi connectivity index (χ0) is 15.4. The summed E-state index contributed by atoms with van der Waals surface area (Å²) in [6.07, 6.45) is 6.51. The molecule has 5 nitrogen and oxygen atoms in total. The third kappa shape index (κ3) is 4.71. The monoisotopic (exact) mass is 312 g/mol. The number of hydrogen-bond acceptors (Lipinski definition) is 4. The van der Waals surface area contributed by atoms with Gasteiger partial charge in [0.2, 0.25) is 0 Å². The molecule has 1 heterocycles. The average molecular weight is 313 g/mol. The number of anilines is 1. The molecule has 1 aromatic rings. The maximum atomic E-state index is 12.2. The number of rotatable bonds is 8. The molecule has 1 unspecified atom stereocenters. The van der Waals surface area contributed by atoms with E-state index < -0.39 is 0 Å². The predicted molar refractivity (Wildman–Crippen MR) is 87.1 cm³/mol. The van der Waals surface area contributed by atoms with E-state index in [1.165, 1.54) is 17.5 Å². The molecule has 1 saturated carbocycles. The van der Waals surface area contributed by atoms with Gasteiger partial charge in [0.1, 0.15) is 5.02 Å². The Bertz CT molecular complexity index is 525. The van der Waals surface area contributed by atoms with Gasteiger partial charge < -0.3 is 10.2 Å². The lowest BCUT2D eigenvalue weighted by atomic mass is 10.1. The lowest BCUT2D eigenvalue weighted by Crippen LogP contribution is -2.30. The quantitative estimate of drug-likeness (QED) is 0.801. The molecule has 6 heteroatoms. The van der Waals surface area contributed by atoms with Crippen molar-refractivity contribution in [2.45, 2.75) is 45.2 Å². The van der Waals surface area contributed by atoms with Crippen LogP contribution in [0.5, 0.6) is 0 Å². The summed E-state index contributed by atoms with van der Waals surface area (Å²) in [5.41, 5.74) is 0.445. The van der Waals surface area contributed by atoms with Gasteiger partial charge in [-0.25, -0.2) is 4.68 Å². The fourth-order valence-electron chi connectivity index (χ4n) is 2.32. The fraction of sp³-hybridized carbons (Fsp3) is 0.733. The Morgan fingerprint density at radius 3 is 2.81 bits per heavy atom. The van der Waals surface area contributed by atoms with Crippen LogP contribution in [-0.2, 0) is 6.54 Å². The van der Waals surface area contributed by atoms with Crippen LogP contribution in [0.2, 0.25) is 5.02 Å². The molecule has 1 aromatic heterocycles. The van der Waals surface area contributed by atoms with E-state index in [-0.39, 0.29) is 10.6 Å². The van der Waals surface area contributed by atoms with Crippen LogP contribution in [0.4, 0.5) is 5.69 Å². The number of aromatic nitrogens is 2. The van der Waals surface area contributed by atoms with Crippen LogP contribution in [0.25, 0.3) is 0 Å². The second kappa shape index (κ2) is 7.27. The highest BCUT2D eigenvalue weighted by atomic mass is 35.5. The molecule has 0 radical (unpaired) electrons. The predicted octanol–water partition coefficient (Wildman–Crippen LogP) is 2.45. The minimum atomic E-state index is -0.218. The van der Waals surface area contributed by atoms with Crippen molar-refractivity contribution in [1.82, 2.24) is 14.7 Å². The Hall–Kier alpha value is -1.07. The van der Waals surface area contributed by atoms with Crippen LogP contribution in [0.3, 0.4) is 0 Å². The number of hydrogen-bond donors (Lipinski definition) is 1. The maximum absolute atomic E-state index is 12.2. The molecule has 21 heavy (non-hydrogen) atoms. The van der Waals surface area contributed by atoms with E-state index in [0.717, 1.165) is 25.3 Å². The van der Waals surface area contributed by atoms with E-state index in [1.807, 2.05) is 19.0 Å². The molecule has 2 rings (SSSR count). The molecule has 118 valence electrons. The van der Waals surface area contributed by atoms with Gasteiger partial charge in [-0.15, -0.1) is 0 Å². The zero-order valence-corrected chi connectivity index (χ0v) is 13.9. The number of halogens is 1. The Morgan fingerprint density at radius 1 is 1.52 bits per heavy atom. The summed E-state index contributed by atoms with van der Waals surface area (Å²) in [5.74, 6) is 0.842. The van der Waals surface area contributed by atoms with Crippen molar-refractivity contribution in [3.05, 3.63) is 21.6 Å². The van der Waals surface area contributed by atoms with Crippen molar-refractivity contribution < 1.29 is 0 Å². The molecule has 1 N–H and O–H groups in total. The maximum Gasteiger partial charge on any atom is 0.287 e. The molecule has 0 saturated heterocycles. The molecule has 1 aliphatic rings. The van der Waals surface area contributed by atoms with Crippen molar-refractivity contribution in [2.75, 3.05) is 26.0 Å². The Morgan fingerprint density at radius 2 is 2.24 bits per heavy atom. The highest BCUT2D eigenvalue weighted by molar-refractivity contribution is 6.32. The molecule has 0 aliphatic heterocycles. The van der Waals surface area contributed by atoms with E-state index >= 15 is 0 Å². The summed E-state index contributed by atoms with van der Waals surface area (Å²) in [7, 11) is 3.93. The highest BCUT2D eigenvalue weighted by Gasteiger charge is 2.25. The SMILES string of the molecule is CCC(CC1CC1)Nc1cnn(CCN(C)C)c(=O)c1Cl. The van der Waals surface area contributed by atoms with Crippen LogP contribution in [-0.4, -0.2) is 41.4 Å². The summed E-state index contributed by atoms with van der Waals surface area (Å²) in [6, 6.07) is 0.369. The molecule has 0 bridgehead atoms. The first kappa shape index (κ1) is 16.3. The van der Waals surface area contributed by atoms with Crippen molar-refractivity contribution in [2.24, 2.45) is 5.92 Å². The topological polar surface area (TPSA) is 50.2 Å². The van der Waals surface area contributed by atoms with Gasteiger partial charge in [0.05, 0.1) is 18.4 Å². The first-order chi connectivity index (χ1) is 10.0. The fourth-order valence-corrected chi connectivity index (χ4v) is 2.52. The second-order valence-electron chi connectivity index (χ2n) is 6.13. The average Bonchev–Trinajstić information content (AvgIpc) is 3.26. The van der Waals surface area contributed by atoms with Crippen molar-refractivity contribution in [3.63, 3.8) is 0 Å². The van der Waals surface area contributed by atoms with Crippen LogP contribution < -0.4 is 10.9 Å². The molecular formula is C15H25ClN4O. The molecule has 1 fully saturated rings. The van der Waals surface area contributed by atoms with Crippen molar-refractivity contribution in [1.29, 1.82) is 0 Å². The Labute approximate surface area is 131 Å². The molecule has 0 amide bonds. The largest absolute Gasteiger partial charge is 0.380 e. The summed E-state index contributed by atoms with van der Waals surface area (Å²) < 4.78 is 1.43. The summed E-state index contributed by atoms with van der Waals surface area (Å²) in [5, 5.41) is 7.85. The van der Waals surface area contributed by atoms with Gasteiger partial charge in [-0.05, 0) is 32.9 Å². The smallest absolute Gasteiger partial charge is 0.287 e. The van der Waals surface area contributed by atoms with E-state index in [4.69, 9.17) is 11.6 Å². The Kier molecular flexibility index (Phi) is 5.65. The molecule has 0 spiro atoms. The van der Waals surface area contributed by atoms with Crippen molar-refractivity contribution in [3.8, 4) is 0 Å². The summed E-state index contributed by atoms with van der Waals surface area (Å²) in [6.45, 7) is 3.46. The molecule has 1 aliphatic carbocycles. The minimum absolute atomic E-state index is 0.218. The van der Waals surface area contributed by atoms with Gasteiger partial charge in [0.15, 0.2) is 0 Å². The first-order valence-electron chi connectivity index (χ1n) is 7.68. The van der Waals surface area contributed by atoms with Crippen LogP contribution in [0.1, 0.15) is 32.6 Å². The molecule has 1 atom stereocenters. The molecular weight excluding hydrogens is 288 g/mol. The van der Waals surface area contributed by atoms with Gasteiger partial charge in [-0.3, -0.25) is 4.79 Å². The van der Waals surface area contributed by atoms with Gasteiger partial charge in [-0.1, -0.05) is 31.4 Å².